The van der Waals surface area contributed by atoms with E-state index in [2.05, 4.69) is 63.3 Å². The van der Waals surface area contributed by atoms with Crippen molar-refractivity contribution in [3.8, 4) is 28.1 Å². The second-order valence-corrected chi connectivity index (χ2v) is 10.4. The zero-order valence-corrected chi connectivity index (χ0v) is 24.6. The van der Waals surface area contributed by atoms with Crippen molar-refractivity contribution in [1.82, 2.24) is 20.4 Å². The van der Waals surface area contributed by atoms with Crippen molar-refractivity contribution in [2.45, 2.75) is 46.8 Å². The number of hydrogen-bond acceptors (Lipinski definition) is 5. The zero-order chi connectivity index (χ0) is 30.5. The number of H-pyrrole nitrogens is 3. The first-order chi connectivity index (χ1) is 20.1. The summed E-state index contributed by atoms with van der Waals surface area (Å²) in [7, 11) is 0. The van der Waals surface area contributed by atoms with Crippen molar-refractivity contribution in [2.24, 2.45) is 4.99 Å². The van der Waals surface area contributed by atoms with Crippen LogP contribution in [0.1, 0.15) is 37.5 Å². The quantitative estimate of drug-likeness (QED) is 0.193. The number of benzene rings is 3. The molecule has 0 aliphatic carbocycles. The van der Waals surface area contributed by atoms with Crippen LogP contribution in [0.5, 0.6) is 5.88 Å². The van der Waals surface area contributed by atoms with Crippen LogP contribution >= 0.6 is 0 Å². The van der Waals surface area contributed by atoms with Crippen molar-refractivity contribution in [3.63, 3.8) is 0 Å². The molecule has 218 valence electrons. The van der Waals surface area contributed by atoms with Gasteiger partial charge in [0.25, 0.3) is 5.56 Å². The number of carbonyl (C=O) groups excluding carboxylic acids is 1. The first-order valence-electron chi connectivity index (χ1n) is 13.4. The Balaban J connectivity index is 0.000000190. The third-order valence-electron chi connectivity index (χ3n) is 5.72. The van der Waals surface area contributed by atoms with Crippen LogP contribution in [0, 0.1) is 13.8 Å². The standard InChI is InChI=1S/C17H16N2O.C10H10N2O.C6H11NO2/c1-13-7-9-15(10-8-13)16-11-18-19-17(16)20-12-14-5-3-2-4-6-14;1-7-2-4-8(5-3-7)9-6-11-12-10(9)13;1-6(2,3)9-5(8)7-4/h2-11H,12H2,1H3,(H,18,19);2-6H,1H3,(H2,11,12,13);4H2,1-3H3. The lowest BCUT2D eigenvalue weighted by Gasteiger charge is -2.16. The lowest BCUT2D eigenvalue weighted by atomic mass is 10.1. The topological polar surface area (TPSA) is 125 Å². The van der Waals surface area contributed by atoms with E-state index in [1.807, 2.05) is 61.5 Å². The van der Waals surface area contributed by atoms with Gasteiger partial charge in [0, 0.05) is 6.20 Å². The molecule has 9 heteroatoms. The third kappa shape index (κ3) is 10.1. The van der Waals surface area contributed by atoms with E-state index in [1.54, 1.807) is 33.2 Å². The van der Waals surface area contributed by atoms with Crippen LogP contribution in [0.25, 0.3) is 22.3 Å². The summed E-state index contributed by atoms with van der Waals surface area (Å²) >= 11 is 0. The maximum atomic E-state index is 11.2. The van der Waals surface area contributed by atoms with Crippen molar-refractivity contribution in [2.75, 3.05) is 0 Å². The highest BCUT2D eigenvalue weighted by atomic mass is 16.6. The second kappa shape index (κ2) is 15.0. The Morgan fingerprint density at radius 2 is 1.45 bits per heavy atom. The van der Waals surface area contributed by atoms with Gasteiger partial charge in [-0.2, -0.15) is 10.1 Å². The van der Waals surface area contributed by atoms with Gasteiger partial charge in [-0.25, -0.2) is 9.89 Å². The molecule has 0 unspecified atom stereocenters. The molecule has 5 aromatic rings. The fraction of sp³-hybridized carbons (Fsp3) is 0.212. The fourth-order valence-electron chi connectivity index (χ4n) is 3.60. The number of aromatic amines is 3. The van der Waals surface area contributed by atoms with E-state index in [-0.39, 0.29) is 5.56 Å². The number of aromatic nitrogens is 4. The second-order valence-electron chi connectivity index (χ2n) is 10.4. The summed E-state index contributed by atoms with van der Waals surface area (Å²) in [5.74, 6) is 0.706. The highest BCUT2D eigenvalue weighted by Crippen LogP contribution is 2.28. The van der Waals surface area contributed by atoms with E-state index < -0.39 is 11.7 Å². The smallest absolute Gasteiger partial charge is 0.433 e. The minimum absolute atomic E-state index is 0.0798. The molecule has 5 rings (SSSR count). The van der Waals surface area contributed by atoms with Crippen LogP contribution in [0.2, 0.25) is 0 Å². The molecule has 1 amide bonds. The number of ether oxygens (including phenoxy) is 2. The minimum atomic E-state index is -0.623. The molecular formula is C33H37N5O4. The van der Waals surface area contributed by atoms with Gasteiger partial charge in [0.1, 0.15) is 12.2 Å². The third-order valence-corrected chi connectivity index (χ3v) is 5.72. The molecule has 0 saturated carbocycles. The molecular weight excluding hydrogens is 530 g/mol. The number of nitrogens with one attached hydrogen (secondary N) is 3. The van der Waals surface area contributed by atoms with Crippen LogP contribution in [0.4, 0.5) is 4.79 Å². The molecule has 0 aliphatic rings. The Bertz CT molecular complexity index is 1590. The number of nitrogens with zero attached hydrogens (tertiary/aromatic N) is 2. The Morgan fingerprint density at radius 3 is 1.93 bits per heavy atom. The average Bonchev–Trinajstić information content (AvgIpc) is 3.62. The molecule has 0 bridgehead atoms. The first kappa shape index (κ1) is 31.3. The molecule has 42 heavy (non-hydrogen) atoms. The van der Waals surface area contributed by atoms with E-state index in [0.29, 0.717) is 18.1 Å². The van der Waals surface area contributed by atoms with Gasteiger partial charge < -0.3 is 14.6 Å². The van der Waals surface area contributed by atoms with E-state index in [0.717, 1.165) is 22.3 Å². The summed E-state index contributed by atoms with van der Waals surface area (Å²) in [6, 6.07) is 26.3. The van der Waals surface area contributed by atoms with Gasteiger partial charge >= 0.3 is 6.09 Å². The summed E-state index contributed by atoms with van der Waals surface area (Å²) < 4.78 is 10.5. The maximum absolute atomic E-state index is 11.2. The van der Waals surface area contributed by atoms with Crippen LogP contribution in [0.15, 0.2) is 101 Å². The van der Waals surface area contributed by atoms with E-state index in [9.17, 15) is 9.59 Å². The lowest BCUT2D eigenvalue weighted by molar-refractivity contribution is 0.0606. The first-order valence-corrected chi connectivity index (χ1v) is 13.4. The van der Waals surface area contributed by atoms with Gasteiger partial charge in [-0.15, -0.1) is 0 Å². The highest BCUT2D eigenvalue weighted by molar-refractivity contribution is 5.73. The minimum Gasteiger partial charge on any atom is -0.473 e. The Labute approximate surface area is 245 Å². The average molecular weight is 568 g/mol. The molecule has 0 radical (unpaired) electrons. The molecule has 2 heterocycles. The maximum Gasteiger partial charge on any atom is 0.433 e. The number of aliphatic imine (C=N–C) groups is 1. The van der Waals surface area contributed by atoms with Crippen LogP contribution in [-0.4, -0.2) is 38.8 Å². The molecule has 2 aromatic heterocycles. The van der Waals surface area contributed by atoms with Gasteiger partial charge in [-0.05, 0) is 58.0 Å². The number of rotatable bonds is 5. The molecule has 0 saturated heterocycles. The predicted molar refractivity (Wildman–Crippen MR) is 167 cm³/mol. The van der Waals surface area contributed by atoms with E-state index >= 15 is 0 Å². The molecule has 0 spiro atoms. The molecule has 0 fully saturated rings. The van der Waals surface area contributed by atoms with Gasteiger partial charge in [0.05, 0.1) is 17.3 Å². The van der Waals surface area contributed by atoms with Crippen LogP contribution < -0.4 is 10.3 Å². The highest BCUT2D eigenvalue weighted by Gasteiger charge is 2.14. The summed E-state index contributed by atoms with van der Waals surface area (Å²) in [4.78, 5) is 24.7. The number of carbonyl (C=O) groups is 1. The van der Waals surface area contributed by atoms with Gasteiger partial charge in [0.2, 0.25) is 5.88 Å². The summed E-state index contributed by atoms with van der Waals surface area (Å²) in [5.41, 5.74) is 6.74. The van der Waals surface area contributed by atoms with Gasteiger partial charge in [-0.1, -0.05) is 90.0 Å². The normalized spacial score (nSPS) is 10.4. The van der Waals surface area contributed by atoms with Crippen LogP contribution in [-0.2, 0) is 11.3 Å². The lowest BCUT2D eigenvalue weighted by Crippen LogP contribution is -2.21. The Kier molecular flexibility index (Phi) is 11.2. The van der Waals surface area contributed by atoms with E-state index in [4.69, 9.17) is 9.47 Å². The van der Waals surface area contributed by atoms with Crippen LogP contribution in [0.3, 0.4) is 0 Å². The summed E-state index contributed by atoms with van der Waals surface area (Å²) in [5, 5.41) is 12.2. The largest absolute Gasteiger partial charge is 0.473 e. The van der Waals surface area contributed by atoms with Crippen molar-refractivity contribution >= 4 is 12.8 Å². The number of hydrogen-bond donors (Lipinski definition) is 3. The number of amides is 1. The summed E-state index contributed by atoms with van der Waals surface area (Å²) in [6.45, 7) is 13.0. The zero-order valence-electron chi connectivity index (χ0n) is 24.6. The Hall–Kier alpha value is -5.18. The van der Waals surface area contributed by atoms with Crippen molar-refractivity contribution < 1.29 is 14.3 Å². The Morgan fingerprint density at radius 1 is 0.881 bits per heavy atom. The monoisotopic (exact) mass is 567 g/mol. The fourth-order valence-corrected chi connectivity index (χ4v) is 3.60. The molecule has 0 aliphatic heterocycles. The van der Waals surface area contributed by atoms with E-state index in [1.165, 1.54) is 11.1 Å². The summed E-state index contributed by atoms with van der Waals surface area (Å²) in [6.07, 6.45) is 2.85. The van der Waals surface area contributed by atoms with Gasteiger partial charge in [0.15, 0.2) is 0 Å². The molecule has 0 atom stereocenters. The predicted octanol–water partition coefficient (Wildman–Crippen LogP) is 7.26. The van der Waals surface area contributed by atoms with Gasteiger partial charge in [-0.3, -0.25) is 9.89 Å². The molecule has 3 aromatic carbocycles. The van der Waals surface area contributed by atoms with Crippen molar-refractivity contribution in [1.29, 1.82) is 0 Å². The number of aryl methyl sites for hydroxylation is 2. The molecule has 9 nitrogen and oxygen atoms in total. The SMILES string of the molecule is C=NC(=O)OC(C)(C)C.Cc1ccc(-c2c[nH][nH]c2=O)cc1.Cc1ccc(-c2cn[nH]c2OCc2ccccc2)cc1. The van der Waals surface area contributed by atoms with Crippen molar-refractivity contribution in [3.05, 3.63) is 118 Å². The molecule has 3 N–H and O–H groups in total.